The molecule has 2 heterocycles. The van der Waals surface area contributed by atoms with Crippen LogP contribution in [0.3, 0.4) is 0 Å². The second-order valence-corrected chi connectivity index (χ2v) is 6.00. The van der Waals surface area contributed by atoms with Crippen LogP contribution in [0.25, 0.3) is 10.9 Å². The zero-order chi connectivity index (χ0) is 13.9. The van der Waals surface area contributed by atoms with E-state index >= 15 is 0 Å². The third kappa shape index (κ3) is 2.47. The number of hydrogen-bond donors (Lipinski definition) is 1. The van der Waals surface area contributed by atoms with Crippen LogP contribution in [0.15, 0.2) is 48.0 Å². The summed E-state index contributed by atoms with van der Waals surface area (Å²) in [7, 11) is 0. The van der Waals surface area contributed by atoms with E-state index in [1.54, 1.807) is 11.3 Å². The summed E-state index contributed by atoms with van der Waals surface area (Å²) in [5, 5.41) is 6.95. The molecule has 0 saturated carbocycles. The van der Waals surface area contributed by atoms with Crippen molar-refractivity contribution < 1.29 is 0 Å². The highest BCUT2D eigenvalue weighted by atomic mass is 32.1. The predicted molar refractivity (Wildman–Crippen MR) is 86.3 cm³/mol. The Morgan fingerprint density at radius 2 is 2.15 bits per heavy atom. The van der Waals surface area contributed by atoms with E-state index in [-0.39, 0.29) is 6.04 Å². The summed E-state index contributed by atoms with van der Waals surface area (Å²) < 4.78 is 0. The maximum absolute atomic E-state index is 4.39. The summed E-state index contributed by atoms with van der Waals surface area (Å²) in [4.78, 5) is 5.77. The lowest BCUT2D eigenvalue weighted by molar-refractivity contribution is 0.630. The summed E-state index contributed by atoms with van der Waals surface area (Å²) in [6.07, 6.45) is 1.84. The highest BCUT2D eigenvalue weighted by molar-refractivity contribution is 7.10. The van der Waals surface area contributed by atoms with Crippen LogP contribution < -0.4 is 5.32 Å². The monoisotopic (exact) mass is 282 g/mol. The lowest BCUT2D eigenvalue weighted by atomic mass is 9.98. The summed E-state index contributed by atoms with van der Waals surface area (Å²) in [6.45, 7) is 5.29. The Hall–Kier alpha value is -1.71. The van der Waals surface area contributed by atoms with Crippen molar-refractivity contribution in [1.29, 1.82) is 0 Å². The van der Waals surface area contributed by atoms with Crippen LogP contribution >= 0.6 is 11.3 Å². The first kappa shape index (κ1) is 13.3. The van der Waals surface area contributed by atoms with Crippen LogP contribution in [0.5, 0.6) is 0 Å². The van der Waals surface area contributed by atoms with Gasteiger partial charge in [0.25, 0.3) is 0 Å². The number of aryl methyl sites for hydroxylation is 1. The van der Waals surface area contributed by atoms with Crippen molar-refractivity contribution in [2.75, 3.05) is 6.54 Å². The molecule has 3 heteroatoms. The average molecular weight is 282 g/mol. The van der Waals surface area contributed by atoms with Gasteiger partial charge in [-0.05, 0) is 54.2 Å². The van der Waals surface area contributed by atoms with Crippen molar-refractivity contribution in [2.24, 2.45) is 0 Å². The molecule has 0 aliphatic heterocycles. The number of rotatable bonds is 4. The lowest BCUT2D eigenvalue weighted by Crippen LogP contribution is -2.22. The molecule has 1 N–H and O–H groups in total. The largest absolute Gasteiger partial charge is 0.306 e. The Bertz CT molecular complexity index is 718. The van der Waals surface area contributed by atoms with Gasteiger partial charge in [0.1, 0.15) is 0 Å². The van der Waals surface area contributed by atoms with E-state index in [0.29, 0.717) is 0 Å². The molecule has 0 fully saturated rings. The minimum atomic E-state index is 0.260. The highest BCUT2D eigenvalue weighted by Crippen LogP contribution is 2.29. The van der Waals surface area contributed by atoms with E-state index in [4.69, 9.17) is 0 Å². The Morgan fingerprint density at radius 1 is 1.25 bits per heavy atom. The second kappa shape index (κ2) is 5.73. The molecular formula is C17H18N2S. The normalized spacial score (nSPS) is 12.7. The van der Waals surface area contributed by atoms with Gasteiger partial charge in [-0.2, -0.15) is 0 Å². The number of aromatic nitrogens is 1. The van der Waals surface area contributed by atoms with Gasteiger partial charge >= 0.3 is 0 Å². The SMILES string of the molecule is CCNC(c1ccc2ncccc2c1)c1ccsc1C. The maximum atomic E-state index is 4.39. The molecule has 20 heavy (non-hydrogen) atoms. The standard InChI is InChI=1S/C17H18N2S/c1-3-18-17(15-8-10-20-12(15)2)14-6-7-16-13(11-14)5-4-9-19-16/h4-11,17-18H,3H2,1-2H3. The number of nitrogens with zero attached hydrogens (tertiary/aromatic N) is 1. The van der Waals surface area contributed by atoms with Gasteiger partial charge < -0.3 is 5.32 Å². The molecule has 2 aromatic heterocycles. The number of fused-ring (bicyclic) bond motifs is 1. The minimum absolute atomic E-state index is 0.260. The first-order valence-electron chi connectivity index (χ1n) is 6.91. The van der Waals surface area contributed by atoms with Crippen LogP contribution in [0.2, 0.25) is 0 Å². The fourth-order valence-corrected chi connectivity index (χ4v) is 3.32. The Balaban J connectivity index is 2.07. The number of pyridine rings is 1. The minimum Gasteiger partial charge on any atom is -0.306 e. The van der Waals surface area contributed by atoms with Gasteiger partial charge in [0, 0.05) is 16.5 Å². The molecule has 0 amide bonds. The molecule has 0 bridgehead atoms. The molecule has 2 nitrogen and oxygen atoms in total. The summed E-state index contributed by atoms with van der Waals surface area (Å²) in [5.74, 6) is 0. The zero-order valence-electron chi connectivity index (χ0n) is 11.8. The van der Waals surface area contributed by atoms with Crippen molar-refractivity contribution in [3.8, 4) is 0 Å². The van der Waals surface area contributed by atoms with Gasteiger partial charge in [0.15, 0.2) is 0 Å². The zero-order valence-corrected chi connectivity index (χ0v) is 12.6. The molecule has 0 aliphatic carbocycles. The molecule has 0 radical (unpaired) electrons. The molecule has 1 aromatic carbocycles. The van der Waals surface area contributed by atoms with E-state index in [0.717, 1.165) is 12.1 Å². The summed E-state index contributed by atoms with van der Waals surface area (Å²) in [5.41, 5.74) is 3.72. The molecule has 3 aromatic rings. The lowest BCUT2D eigenvalue weighted by Gasteiger charge is -2.19. The van der Waals surface area contributed by atoms with Crippen molar-refractivity contribution in [3.63, 3.8) is 0 Å². The third-order valence-corrected chi connectivity index (χ3v) is 4.44. The number of thiophene rings is 1. The number of hydrogen-bond acceptors (Lipinski definition) is 3. The average Bonchev–Trinajstić information content (AvgIpc) is 2.90. The van der Waals surface area contributed by atoms with E-state index in [1.807, 2.05) is 12.3 Å². The molecule has 0 saturated heterocycles. The molecule has 1 unspecified atom stereocenters. The summed E-state index contributed by atoms with van der Waals surface area (Å²) in [6, 6.07) is 13.1. The fourth-order valence-electron chi connectivity index (χ4n) is 2.58. The fraction of sp³-hybridized carbons (Fsp3) is 0.235. The second-order valence-electron chi connectivity index (χ2n) is 4.88. The van der Waals surface area contributed by atoms with Gasteiger partial charge in [0.2, 0.25) is 0 Å². The Kier molecular flexibility index (Phi) is 3.81. The predicted octanol–water partition coefficient (Wildman–Crippen LogP) is 4.30. The van der Waals surface area contributed by atoms with Crippen molar-refractivity contribution in [3.05, 3.63) is 64.0 Å². The van der Waals surface area contributed by atoms with Gasteiger partial charge in [-0.15, -0.1) is 11.3 Å². The first-order chi connectivity index (χ1) is 9.79. The van der Waals surface area contributed by atoms with E-state index in [9.17, 15) is 0 Å². The highest BCUT2D eigenvalue weighted by Gasteiger charge is 2.16. The molecule has 1 atom stereocenters. The van der Waals surface area contributed by atoms with Gasteiger partial charge in [-0.1, -0.05) is 19.1 Å². The van der Waals surface area contributed by atoms with Crippen LogP contribution in [0.1, 0.15) is 29.0 Å². The molecule has 0 aliphatic rings. The van der Waals surface area contributed by atoms with Crippen molar-refractivity contribution in [1.82, 2.24) is 10.3 Å². The van der Waals surface area contributed by atoms with Crippen molar-refractivity contribution in [2.45, 2.75) is 19.9 Å². The summed E-state index contributed by atoms with van der Waals surface area (Å²) >= 11 is 1.80. The number of nitrogens with one attached hydrogen (secondary N) is 1. The Morgan fingerprint density at radius 3 is 2.90 bits per heavy atom. The van der Waals surface area contributed by atoms with Crippen LogP contribution in [-0.2, 0) is 0 Å². The Labute approximate surface area is 123 Å². The van der Waals surface area contributed by atoms with E-state index in [2.05, 4.69) is 59.9 Å². The first-order valence-corrected chi connectivity index (χ1v) is 7.79. The van der Waals surface area contributed by atoms with Gasteiger partial charge in [-0.3, -0.25) is 4.98 Å². The van der Waals surface area contributed by atoms with Crippen LogP contribution in [0, 0.1) is 6.92 Å². The topological polar surface area (TPSA) is 24.9 Å². The molecule has 3 rings (SSSR count). The van der Waals surface area contributed by atoms with Crippen LogP contribution in [-0.4, -0.2) is 11.5 Å². The van der Waals surface area contributed by atoms with Gasteiger partial charge in [-0.25, -0.2) is 0 Å². The third-order valence-electron chi connectivity index (χ3n) is 3.58. The maximum Gasteiger partial charge on any atom is 0.0702 e. The van der Waals surface area contributed by atoms with E-state index < -0.39 is 0 Å². The van der Waals surface area contributed by atoms with E-state index in [1.165, 1.54) is 21.4 Å². The molecule has 0 spiro atoms. The molecule has 102 valence electrons. The van der Waals surface area contributed by atoms with Crippen molar-refractivity contribution >= 4 is 22.2 Å². The van der Waals surface area contributed by atoms with Crippen LogP contribution in [0.4, 0.5) is 0 Å². The quantitative estimate of drug-likeness (QED) is 0.771. The van der Waals surface area contributed by atoms with Gasteiger partial charge in [0.05, 0.1) is 11.6 Å². The molecular weight excluding hydrogens is 264 g/mol. The smallest absolute Gasteiger partial charge is 0.0702 e. The number of benzene rings is 1.